The summed E-state index contributed by atoms with van der Waals surface area (Å²) in [7, 11) is 1.60. The number of ether oxygens (including phenoxy) is 1. The lowest BCUT2D eigenvalue weighted by Crippen LogP contribution is -1.93. The lowest BCUT2D eigenvalue weighted by Gasteiger charge is -2.08. The van der Waals surface area contributed by atoms with Gasteiger partial charge in [0, 0.05) is 15.4 Å². The van der Waals surface area contributed by atoms with Crippen LogP contribution in [0.25, 0.3) is 22.3 Å². The Hall–Kier alpha value is -1.36. The lowest BCUT2D eigenvalue weighted by atomic mass is 10.2. The minimum Gasteiger partial charge on any atom is -0.497 e. The third kappa shape index (κ3) is 2.84. The Morgan fingerprint density at radius 2 is 1.86 bits per heavy atom. The molecule has 0 fully saturated rings. The third-order valence-corrected chi connectivity index (χ3v) is 4.14. The van der Waals surface area contributed by atoms with Crippen molar-refractivity contribution in [2.45, 2.75) is 0 Å². The smallest absolute Gasteiger partial charge is 0.163 e. The highest BCUT2D eigenvalue weighted by molar-refractivity contribution is 9.10. The zero-order valence-corrected chi connectivity index (χ0v) is 14.0. The van der Waals surface area contributed by atoms with Crippen LogP contribution in [0.5, 0.6) is 5.75 Å². The van der Waals surface area contributed by atoms with Crippen LogP contribution in [0, 0.1) is 0 Å². The Balaban J connectivity index is 2.23. The summed E-state index contributed by atoms with van der Waals surface area (Å²) in [6.45, 7) is 0. The van der Waals surface area contributed by atoms with Crippen molar-refractivity contribution in [1.82, 2.24) is 9.97 Å². The van der Waals surface area contributed by atoms with Crippen LogP contribution < -0.4 is 4.74 Å². The van der Waals surface area contributed by atoms with E-state index in [0.29, 0.717) is 21.7 Å². The zero-order valence-electron chi connectivity index (χ0n) is 10.9. The summed E-state index contributed by atoms with van der Waals surface area (Å²) < 4.78 is 6.08. The van der Waals surface area contributed by atoms with Gasteiger partial charge in [0.05, 0.1) is 17.6 Å². The molecule has 21 heavy (non-hydrogen) atoms. The van der Waals surface area contributed by atoms with E-state index < -0.39 is 0 Å². The van der Waals surface area contributed by atoms with Crippen LogP contribution in [0.4, 0.5) is 0 Å². The summed E-state index contributed by atoms with van der Waals surface area (Å²) in [5.41, 5.74) is 1.47. The normalized spacial score (nSPS) is 10.9. The quantitative estimate of drug-likeness (QED) is 0.557. The zero-order chi connectivity index (χ0) is 15.0. The molecule has 106 valence electrons. The van der Waals surface area contributed by atoms with Gasteiger partial charge in [-0.3, -0.25) is 0 Å². The second-order valence-electron chi connectivity index (χ2n) is 4.35. The van der Waals surface area contributed by atoms with Crippen molar-refractivity contribution >= 4 is 50.0 Å². The average molecular weight is 384 g/mol. The number of rotatable bonds is 2. The van der Waals surface area contributed by atoms with Gasteiger partial charge in [-0.1, -0.05) is 39.1 Å². The third-order valence-electron chi connectivity index (χ3n) is 3.03. The highest BCUT2D eigenvalue weighted by Gasteiger charge is 2.12. The highest BCUT2D eigenvalue weighted by Crippen LogP contribution is 2.32. The lowest BCUT2D eigenvalue weighted by molar-refractivity contribution is 0.415. The van der Waals surface area contributed by atoms with Gasteiger partial charge in [0.15, 0.2) is 5.82 Å². The first-order chi connectivity index (χ1) is 10.1. The Morgan fingerprint density at radius 3 is 2.62 bits per heavy atom. The number of benzene rings is 2. The van der Waals surface area contributed by atoms with Gasteiger partial charge in [-0.15, -0.1) is 0 Å². The van der Waals surface area contributed by atoms with E-state index in [1.807, 2.05) is 30.3 Å². The van der Waals surface area contributed by atoms with Gasteiger partial charge in [-0.25, -0.2) is 9.97 Å². The van der Waals surface area contributed by atoms with Crippen molar-refractivity contribution in [3.63, 3.8) is 0 Å². The minimum absolute atomic E-state index is 0.366. The topological polar surface area (TPSA) is 35.0 Å². The molecule has 0 amide bonds. The monoisotopic (exact) mass is 382 g/mol. The van der Waals surface area contributed by atoms with Crippen LogP contribution in [-0.4, -0.2) is 17.1 Å². The van der Waals surface area contributed by atoms with Crippen LogP contribution in [-0.2, 0) is 0 Å². The molecule has 3 aromatic rings. The molecule has 0 spiro atoms. The Kier molecular flexibility index (Phi) is 4.02. The molecular weight excluding hydrogens is 375 g/mol. The maximum Gasteiger partial charge on any atom is 0.163 e. The summed E-state index contributed by atoms with van der Waals surface area (Å²) in [4.78, 5) is 8.87. The highest BCUT2D eigenvalue weighted by atomic mass is 79.9. The number of nitrogens with zero attached hydrogens (tertiary/aromatic N) is 2. The Labute approximate surface area is 140 Å². The maximum atomic E-state index is 6.27. The molecule has 0 aliphatic heterocycles. The molecule has 0 bridgehead atoms. The molecule has 0 unspecified atom stereocenters. The fourth-order valence-corrected chi connectivity index (χ4v) is 2.78. The first kappa shape index (κ1) is 14.6. The van der Waals surface area contributed by atoms with Crippen LogP contribution in [0.3, 0.4) is 0 Å². The fourth-order valence-electron chi connectivity index (χ4n) is 1.99. The van der Waals surface area contributed by atoms with E-state index >= 15 is 0 Å². The van der Waals surface area contributed by atoms with Crippen LogP contribution >= 0.6 is 39.1 Å². The molecule has 0 radical (unpaired) electrons. The number of hydrogen-bond acceptors (Lipinski definition) is 3. The van der Waals surface area contributed by atoms with E-state index in [1.54, 1.807) is 13.2 Å². The van der Waals surface area contributed by atoms with Crippen molar-refractivity contribution in [3.05, 3.63) is 51.0 Å². The van der Waals surface area contributed by atoms with Crippen molar-refractivity contribution in [3.8, 4) is 17.1 Å². The predicted octanol–water partition coefficient (Wildman–Crippen LogP) is 5.37. The average Bonchev–Trinajstić information content (AvgIpc) is 2.49. The second-order valence-corrected chi connectivity index (χ2v) is 6.03. The number of halogens is 3. The number of aromatic nitrogens is 2. The second kappa shape index (κ2) is 5.79. The van der Waals surface area contributed by atoms with Gasteiger partial charge >= 0.3 is 0 Å². The summed E-state index contributed by atoms with van der Waals surface area (Å²) in [5.74, 6) is 1.20. The molecule has 0 saturated heterocycles. The molecule has 1 heterocycles. The van der Waals surface area contributed by atoms with Gasteiger partial charge in [0.25, 0.3) is 0 Å². The van der Waals surface area contributed by atoms with Crippen molar-refractivity contribution in [2.75, 3.05) is 7.11 Å². The Bertz CT molecular complexity index is 839. The summed E-state index contributed by atoms with van der Waals surface area (Å²) in [6.07, 6.45) is 0. The number of hydrogen-bond donors (Lipinski definition) is 0. The van der Waals surface area contributed by atoms with Gasteiger partial charge in [0.2, 0.25) is 0 Å². The van der Waals surface area contributed by atoms with E-state index in [2.05, 4.69) is 25.9 Å². The summed E-state index contributed by atoms with van der Waals surface area (Å²) in [6, 6.07) is 11.0. The molecular formula is C15H9BrCl2N2O. The van der Waals surface area contributed by atoms with Crippen LogP contribution in [0.1, 0.15) is 0 Å². The summed E-state index contributed by atoms with van der Waals surface area (Å²) in [5, 5.41) is 1.68. The molecule has 0 atom stereocenters. The van der Waals surface area contributed by atoms with Crippen molar-refractivity contribution in [1.29, 1.82) is 0 Å². The molecule has 0 aliphatic carbocycles. The Morgan fingerprint density at radius 1 is 1.05 bits per heavy atom. The molecule has 1 aromatic heterocycles. The number of fused-ring (bicyclic) bond motifs is 1. The van der Waals surface area contributed by atoms with Gasteiger partial charge in [0.1, 0.15) is 10.9 Å². The van der Waals surface area contributed by atoms with Crippen LogP contribution in [0.2, 0.25) is 10.2 Å². The number of methoxy groups -OCH3 is 1. The van der Waals surface area contributed by atoms with Gasteiger partial charge in [-0.2, -0.15) is 0 Å². The van der Waals surface area contributed by atoms with E-state index in [4.69, 9.17) is 27.9 Å². The van der Waals surface area contributed by atoms with Gasteiger partial charge < -0.3 is 4.74 Å². The molecule has 3 rings (SSSR count). The predicted molar refractivity (Wildman–Crippen MR) is 89.2 cm³/mol. The van der Waals surface area contributed by atoms with Gasteiger partial charge in [-0.05, 0) is 36.4 Å². The largest absolute Gasteiger partial charge is 0.497 e. The summed E-state index contributed by atoms with van der Waals surface area (Å²) >= 11 is 15.9. The SMILES string of the molecule is COc1ccc2nc(-c3cc(Br)ccc3Cl)nc(Cl)c2c1. The van der Waals surface area contributed by atoms with E-state index in [1.165, 1.54) is 0 Å². The molecule has 0 saturated carbocycles. The van der Waals surface area contributed by atoms with E-state index in [-0.39, 0.29) is 0 Å². The maximum absolute atomic E-state index is 6.27. The molecule has 6 heteroatoms. The first-order valence-electron chi connectivity index (χ1n) is 6.05. The van der Waals surface area contributed by atoms with E-state index in [0.717, 1.165) is 20.9 Å². The van der Waals surface area contributed by atoms with Crippen LogP contribution in [0.15, 0.2) is 40.9 Å². The molecule has 2 aromatic carbocycles. The van der Waals surface area contributed by atoms with Crippen molar-refractivity contribution < 1.29 is 4.74 Å². The van der Waals surface area contributed by atoms with E-state index in [9.17, 15) is 0 Å². The molecule has 3 nitrogen and oxygen atoms in total. The minimum atomic E-state index is 0.366. The van der Waals surface area contributed by atoms with Crippen molar-refractivity contribution in [2.24, 2.45) is 0 Å². The molecule has 0 N–H and O–H groups in total. The fraction of sp³-hybridized carbons (Fsp3) is 0.0667. The standard InChI is InChI=1S/C15H9BrCl2N2O/c1-21-9-3-5-13-11(7-9)14(18)20-15(19-13)10-6-8(16)2-4-12(10)17/h2-7H,1H3. The first-order valence-corrected chi connectivity index (χ1v) is 7.60. The molecule has 0 aliphatic rings.